The third-order valence-electron chi connectivity index (χ3n) is 8.25. The second kappa shape index (κ2) is 9.83. The number of nitriles is 1. The van der Waals surface area contributed by atoms with Crippen molar-refractivity contribution in [3.63, 3.8) is 0 Å². The summed E-state index contributed by atoms with van der Waals surface area (Å²) in [6.45, 7) is 13.2. The summed E-state index contributed by atoms with van der Waals surface area (Å²) in [5.74, 6) is 0. The predicted molar refractivity (Wildman–Crippen MR) is 162 cm³/mol. The zero-order chi connectivity index (χ0) is 28.2. The molecule has 2 aliphatic heterocycles. The van der Waals surface area contributed by atoms with E-state index in [1.54, 1.807) is 23.6 Å². The number of anilines is 1. The van der Waals surface area contributed by atoms with Crippen molar-refractivity contribution >= 4 is 27.2 Å². The normalized spacial score (nSPS) is 18.6. The Morgan fingerprint density at radius 2 is 2.02 bits per heavy atom. The first-order chi connectivity index (χ1) is 19.0. The zero-order valence-electron chi connectivity index (χ0n) is 23.9. The van der Waals surface area contributed by atoms with E-state index in [1.807, 2.05) is 6.20 Å². The van der Waals surface area contributed by atoms with E-state index in [-0.39, 0.29) is 16.5 Å². The standard InChI is InChI=1S/C32H36N6OS/c1-31(2,3)22-13-28(39)38(36-17-22)19-24-14-27-30(40-24)25(8-9-34-27)26-12-20(16-33)11-21-7-6-10-37(29(21)26)23-15-32(4,5)35-18-23/h8-9,11-14,17,23,35H,6-7,10,15,18-19H2,1-5H3. The number of thiophene rings is 1. The maximum atomic E-state index is 12.9. The molecule has 1 fully saturated rings. The maximum Gasteiger partial charge on any atom is 0.267 e. The van der Waals surface area contributed by atoms with E-state index in [4.69, 9.17) is 0 Å². The fraction of sp³-hybridized carbons (Fsp3) is 0.438. The first-order valence-corrected chi connectivity index (χ1v) is 14.9. The predicted octanol–water partition coefficient (Wildman–Crippen LogP) is 5.63. The second-order valence-corrected chi connectivity index (χ2v) is 14.0. The summed E-state index contributed by atoms with van der Waals surface area (Å²) in [7, 11) is 0. The van der Waals surface area contributed by atoms with Crippen LogP contribution in [0, 0.1) is 11.3 Å². The molecule has 0 radical (unpaired) electrons. The molecule has 5 heterocycles. The average molecular weight is 553 g/mol. The van der Waals surface area contributed by atoms with Crippen LogP contribution in [0.5, 0.6) is 0 Å². The maximum absolute atomic E-state index is 12.9. The van der Waals surface area contributed by atoms with Crippen LogP contribution in [0.1, 0.15) is 69.0 Å². The lowest BCUT2D eigenvalue weighted by Gasteiger charge is -2.38. The van der Waals surface area contributed by atoms with Gasteiger partial charge in [0.15, 0.2) is 0 Å². The van der Waals surface area contributed by atoms with Gasteiger partial charge in [-0.2, -0.15) is 10.4 Å². The highest BCUT2D eigenvalue weighted by molar-refractivity contribution is 7.19. The fourth-order valence-electron chi connectivity index (χ4n) is 6.15. The van der Waals surface area contributed by atoms with E-state index < -0.39 is 0 Å². The third kappa shape index (κ3) is 4.93. The highest BCUT2D eigenvalue weighted by Crippen LogP contribution is 2.44. The number of fused-ring (bicyclic) bond motifs is 2. The summed E-state index contributed by atoms with van der Waals surface area (Å²) in [6, 6.07) is 12.8. The Morgan fingerprint density at radius 1 is 1.20 bits per heavy atom. The van der Waals surface area contributed by atoms with Crippen molar-refractivity contribution < 1.29 is 0 Å². The van der Waals surface area contributed by atoms with Crippen LogP contribution in [0.4, 0.5) is 5.69 Å². The van der Waals surface area contributed by atoms with Crippen molar-refractivity contribution in [2.75, 3.05) is 18.0 Å². The summed E-state index contributed by atoms with van der Waals surface area (Å²) in [6.07, 6.45) is 6.79. The molecule has 4 aromatic rings. The minimum Gasteiger partial charge on any atom is -0.366 e. The molecule has 40 heavy (non-hydrogen) atoms. The molecule has 1 atom stereocenters. The Bertz CT molecular complexity index is 1700. The quantitative estimate of drug-likeness (QED) is 0.353. The number of aryl methyl sites for hydroxylation is 1. The number of rotatable bonds is 4. The minimum absolute atomic E-state index is 0.0995. The van der Waals surface area contributed by atoms with Gasteiger partial charge in [-0.05, 0) is 73.9 Å². The molecule has 206 valence electrons. The van der Waals surface area contributed by atoms with E-state index >= 15 is 0 Å². The number of hydrogen-bond acceptors (Lipinski definition) is 7. The Hall–Kier alpha value is -3.54. The van der Waals surface area contributed by atoms with Gasteiger partial charge in [0.05, 0.1) is 34.6 Å². The van der Waals surface area contributed by atoms with Crippen LogP contribution in [-0.4, -0.2) is 39.4 Å². The van der Waals surface area contributed by atoms with Crippen molar-refractivity contribution in [2.45, 2.75) is 77.4 Å². The monoisotopic (exact) mass is 552 g/mol. The second-order valence-electron chi connectivity index (χ2n) is 12.8. The lowest BCUT2D eigenvalue weighted by molar-refractivity contribution is 0.450. The largest absolute Gasteiger partial charge is 0.366 e. The molecule has 1 unspecified atom stereocenters. The summed E-state index contributed by atoms with van der Waals surface area (Å²) in [5, 5.41) is 18.1. The van der Waals surface area contributed by atoms with E-state index in [2.05, 4.69) is 85.3 Å². The smallest absolute Gasteiger partial charge is 0.267 e. The summed E-state index contributed by atoms with van der Waals surface area (Å²) < 4.78 is 2.60. The SMILES string of the molecule is CC1(C)CC(N2CCCc3cc(C#N)cc(-c4ccnc5cc(Cn6ncc(C(C)(C)C)cc6=O)sc45)c32)CN1. The number of nitrogens with one attached hydrogen (secondary N) is 1. The molecule has 0 bridgehead atoms. The Kier molecular flexibility index (Phi) is 6.55. The third-order valence-corrected chi connectivity index (χ3v) is 9.39. The molecular weight excluding hydrogens is 516 g/mol. The molecule has 0 saturated carbocycles. The molecule has 0 amide bonds. The highest BCUT2D eigenvalue weighted by atomic mass is 32.1. The highest BCUT2D eigenvalue weighted by Gasteiger charge is 2.36. The van der Waals surface area contributed by atoms with Gasteiger partial charge in [0, 0.05) is 58.6 Å². The zero-order valence-corrected chi connectivity index (χ0v) is 24.7. The van der Waals surface area contributed by atoms with Gasteiger partial charge in [0.25, 0.3) is 5.56 Å². The number of pyridine rings is 1. The number of benzene rings is 1. The molecule has 7 nitrogen and oxygen atoms in total. The first kappa shape index (κ1) is 26.7. The number of nitrogens with zero attached hydrogens (tertiary/aromatic N) is 5. The average Bonchev–Trinajstić information content (AvgIpc) is 3.50. The minimum atomic E-state index is -0.128. The van der Waals surface area contributed by atoms with Gasteiger partial charge in [-0.15, -0.1) is 11.3 Å². The molecule has 3 aromatic heterocycles. The van der Waals surface area contributed by atoms with Gasteiger partial charge in [-0.3, -0.25) is 9.78 Å². The van der Waals surface area contributed by atoms with Gasteiger partial charge in [-0.1, -0.05) is 20.8 Å². The van der Waals surface area contributed by atoms with Gasteiger partial charge < -0.3 is 10.2 Å². The molecule has 1 N–H and O–H groups in total. The number of hydrogen-bond donors (Lipinski definition) is 1. The van der Waals surface area contributed by atoms with E-state index in [0.717, 1.165) is 64.1 Å². The van der Waals surface area contributed by atoms with Crippen LogP contribution in [0.15, 0.2) is 47.5 Å². The van der Waals surface area contributed by atoms with Crippen LogP contribution < -0.4 is 15.8 Å². The van der Waals surface area contributed by atoms with E-state index in [1.165, 1.54) is 15.9 Å². The fourth-order valence-corrected chi connectivity index (χ4v) is 7.27. The van der Waals surface area contributed by atoms with Gasteiger partial charge in [0.2, 0.25) is 0 Å². The molecule has 6 rings (SSSR count). The molecule has 1 saturated heterocycles. The Morgan fingerprint density at radius 3 is 2.73 bits per heavy atom. The van der Waals surface area contributed by atoms with Gasteiger partial charge >= 0.3 is 0 Å². The van der Waals surface area contributed by atoms with E-state index in [0.29, 0.717) is 18.2 Å². The van der Waals surface area contributed by atoms with Crippen molar-refractivity contribution in [3.05, 3.63) is 74.6 Å². The van der Waals surface area contributed by atoms with Crippen LogP contribution in [0.25, 0.3) is 21.3 Å². The van der Waals surface area contributed by atoms with Crippen LogP contribution in [0.2, 0.25) is 0 Å². The van der Waals surface area contributed by atoms with Crippen molar-refractivity contribution in [3.8, 4) is 17.2 Å². The molecule has 0 aliphatic carbocycles. The first-order valence-electron chi connectivity index (χ1n) is 14.1. The lowest BCUT2D eigenvalue weighted by atomic mass is 9.89. The summed E-state index contributed by atoms with van der Waals surface area (Å²) >= 11 is 1.65. The van der Waals surface area contributed by atoms with Crippen LogP contribution >= 0.6 is 11.3 Å². The molecule has 2 aliphatic rings. The molecule has 8 heteroatoms. The molecular formula is C32H36N6OS. The summed E-state index contributed by atoms with van der Waals surface area (Å²) in [4.78, 5) is 21.2. The Balaban J connectivity index is 1.43. The number of aromatic nitrogens is 3. The van der Waals surface area contributed by atoms with Gasteiger partial charge in [-0.25, -0.2) is 4.68 Å². The Labute approximate surface area is 239 Å². The molecule has 1 aromatic carbocycles. The van der Waals surface area contributed by atoms with E-state index in [9.17, 15) is 10.1 Å². The molecule has 0 spiro atoms. The topological polar surface area (TPSA) is 86.8 Å². The van der Waals surface area contributed by atoms with Crippen LogP contribution in [-0.2, 0) is 18.4 Å². The van der Waals surface area contributed by atoms with Crippen molar-refractivity contribution in [1.82, 2.24) is 20.1 Å². The van der Waals surface area contributed by atoms with Crippen LogP contribution in [0.3, 0.4) is 0 Å². The van der Waals surface area contributed by atoms with Gasteiger partial charge in [0.1, 0.15) is 0 Å². The van der Waals surface area contributed by atoms with Crippen molar-refractivity contribution in [2.24, 2.45) is 0 Å². The van der Waals surface area contributed by atoms with Crippen molar-refractivity contribution in [1.29, 1.82) is 5.26 Å². The summed E-state index contributed by atoms with van der Waals surface area (Å²) in [5.41, 5.74) is 7.11. The lowest BCUT2D eigenvalue weighted by Crippen LogP contribution is -2.40.